The Morgan fingerprint density at radius 1 is 1.50 bits per heavy atom. The van der Waals surface area contributed by atoms with Crippen LogP contribution in [0.15, 0.2) is 12.1 Å². The number of nitrogens with zero attached hydrogens (tertiary/aromatic N) is 1. The van der Waals surface area contributed by atoms with Crippen molar-refractivity contribution in [2.45, 2.75) is 19.9 Å². The summed E-state index contributed by atoms with van der Waals surface area (Å²) in [5.41, 5.74) is 5.05. The van der Waals surface area contributed by atoms with Gasteiger partial charge in [0.2, 0.25) is 0 Å². The molecule has 0 aliphatic rings. The van der Waals surface area contributed by atoms with Gasteiger partial charge in [0.1, 0.15) is 23.2 Å². The zero-order valence-corrected chi connectivity index (χ0v) is 11.0. The van der Waals surface area contributed by atoms with Crippen LogP contribution >= 0.6 is 12.4 Å². The van der Waals surface area contributed by atoms with Crippen molar-refractivity contribution in [2.75, 3.05) is 6.61 Å². The zero-order chi connectivity index (χ0) is 13.2. The number of hydrogen-bond acceptors (Lipinski definition) is 4. The van der Waals surface area contributed by atoms with Crippen LogP contribution in [0.2, 0.25) is 0 Å². The maximum absolute atomic E-state index is 13.2. The van der Waals surface area contributed by atoms with E-state index in [-0.39, 0.29) is 24.6 Å². The number of nitrogens with two attached hydrogens (primary N) is 1. The number of phenolic OH excluding ortho intramolecular Hbond substituents is 1. The van der Waals surface area contributed by atoms with E-state index in [1.54, 1.807) is 19.9 Å². The smallest absolute Gasteiger partial charge is 0.144 e. The van der Waals surface area contributed by atoms with Crippen molar-refractivity contribution in [3.63, 3.8) is 0 Å². The molecule has 0 aromatic heterocycles. The average molecular weight is 275 g/mol. The molecule has 0 radical (unpaired) electrons. The predicted molar refractivity (Wildman–Crippen MR) is 67.8 cm³/mol. The molecule has 6 heteroatoms. The fourth-order valence-corrected chi connectivity index (χ4v) is 1.46. The summed E-state index contributed by atoms with van der Waals surface area (Å²) in [4.78, 5) is 0. The summed E-state index contributed by atoms with van der Waals surface area (Å²) in [7, 11) is 0. The summed E-state index contributed by atoms with van der Waals surface area (Å²) in [5.74, 6) is -1.25. The Morgan fingerprint density at radius 2 is 2.06 bits per heavy atom. The van der Waals surface area contributed by atoms with Crippen molar-refractivity contribution in [1.82, 2.24) is 0 Å². The minimum atomic E-state index is -0.789. The molecule has 0 aliphatic carbocycles. The van der Waals surface area contributed by atoms with Gasteiger partial charge in [-0.1, -0.05) is 19.9 Å². The van der Waals surface area contributed by atoms with Gasteiger partial charge in [0.05, 0.1) is 0 Å². The van der Waals surface area contributed by atoms with Gasteiger partial charge in [-0.15, -0.1) is 12.4 Å². The molecule has 1 aromatic rings. The predicted octanol–water partition coefficient (Wildman–Crippen LogP) is 1.84. The number of aliphatic hydroxyl groups is 1. The van der Waals surface area contributed by atoms with Gasteiger partial charge in [-0.2, -0.15) is 5.26 Å². The van der Waals surface area contributed by atoms with E-state index in [4.69, 9.17) is 11.0 Å². The number of aromatic hydroxyl groups is 1. The lowest BCUT2D eigenvalue weighted by atomic mass is 9.81. The standard InChI is InChI=1S/C12H15FN2O2.ClH/c1-12(2,6-16)11(15)7-3-4-9(13)8(5-14)10(7)17;/h3-4,11,16-17H,6,15H2,1-2H3;1H/t11-;/m0./s1. The molecular weight excluding hydrogens is 259 g/mol. The van der Waals surface area contributed by atoms with E-state index in [9.17, 15) is 14.6 Å². The van der Waals surface area contributed by atoms with Gasteiger partial charge in [-0.25, -0.2) is 4.39 Å². The van der Waals surface area contributed by atoms with Crippen molar-refractivity contribution in [2.24, 2.45) is 11.1 Å². The van der Waals surface area contributed by atoms with Crippen molar-refractivity contribution in [3.8, 4) is 11.8 Å². The molecule has 0 unspecified atom stereocenters. The summed E-state index contributed by atoms with van der Waals surface area (Å²) in [6.07, 6.45) is 0. The molecule has 0 bridgehead atoms. The van der Waals surface area contributed by atoms with Crippen LogP contribution in [-0.2, 0) is 0 Å². The van der Waals surface area contributed by atoms with Crippen molar-refractivity contribution < 1.29 is 14.6 Å². The molecule has 0 amide bonds. The molecule has 1 rings (SSSR count). The van der Waals surface area contributed by atoms with E-state index in [2.05, 4.69) is 0 Å². The fraction of sp³-hybridized carbons (Fsp3) is 0.417. The zero-order valence-electron chi connectivity index (χ0n) is 10.1. The van der Waals surface area contributed by atoms with Crippen molar-refractivity contribution >= 4 is 12.4 Å². The summed E-state index contributed by atoms with van der Waals surface area (Å²) in [6.45, 7) is 3.24. The lowest BCUT2D eigenvalue weighted by molar-refractivity contribution is 0.131. The van der Waals surface area contributed by atoms with Crippen LogP contribution in [0.5, 0.6) is 5.75 Å². The third-order valence-corrected chi connectivity index (χ3v) is 2.85. The number of phenols is 1. The first kappa shape index (κ1) is 16.6. The molecule has 0 heterocycles. The Morgan fingerprint density at radius 3 is 2.50 bits per heavy atom. The Bertz CT molecular complexity index is 472. The molecule has 100 valence electrons. The highest BCUT2D eigenvalue weighted by molar-refractivity contribution is 5.85. The number of halogens is 2. The largest absolute Gasteiger partial charge is 0.506 e. The van der Waals surface area contributed by atoms with Crippen LogP contribution in [0, 0.1) is 22.6 Å². The van der Waals surface area contributed by atoms with Crippen LogP contribution < -0.4 is 5.73 Å². The van der Waals surface area contributed by atoms with Gasteiger partial charge in [-0.3, -0.25) is 0 Å². The summed E-state index contributed by atoms with van der Waals surface area (Å²) < 4.78 is 13.2. The van der Waals surface area contributed by atoms with Gasteiger partial charge >= 0.3 is 0 Å². The molecular formula is C12H16ClFN2O2. The van der Waals surface area contributed by atoms with Gasteiger partial charge < -0.3 is 15.9 Å². The third kappa shape index (κ3) is 2.91. The monoisotopic (exact) mass is 274 g/mol. The maximum atomic E-state index is 13.2. The average Bonchev–Trinajstić information content (AvgIpc) is 2.29. The first-order valence-corrected chi connectivity index (χ1v) is 5.13. The minimum Gasteiger partial charge on any atom is -0.506 e. The Kier molecular flexibility index (Phi) is 5.55. The number of aliphatic hydroxyl groups excluding tert-OH is 1. The van der Waals surface area contributed by atoms with Gasteiger partial charge in [0, 0.05) is 23.6 Å². The SMILES string of the molecule is CC(C)(CO)[C@@H](N)c1ccc(F)c(C#N)c1O.Cl. The summed E-state index contributed by atoms with van der Waals surface area (Å²) in [5, 5.41) is 27.7. The fourth-order valence-electron chi connectivity index (χ4n) is 1.46. The van der Waals surface area contributed by atoms with Crippen LogP contribution in [0.4, 0.5) is 4.39 Å². The second kappa shape index (κ2) is 6.01. The molecule has 0 aliphatic heterocycles. The van der Waals surface area contributed by atoms with E-state index < -0.39 is 28.6 Å². The van der Waals surface area contributed by atoms with Crippen molar-refractivity contribution in [1.29, 1.82) is 5.26 Å². The molecule has 4 N–H and O–H groups in total. The van der Waals surface area contributed by atoms with E-state index in [1.807, 2.05) is 0 Å². The summed E-state index contributed by atoms with van der Waals surface area (Å²) >= 11 is 0. The molecule has 0 fully saturated rings. The lowest BCUT2D eigenvalue weighted by Crippen LogP contribution is -2.32. The normalized spacial score (nSPS) is 12.4. The molecule has 18 heavy (non-hydrogen) atoms. The third-order valence-electron chi connectivity index (χ3n) is 2.85. The number of benzene rings is 1. The Balaban J connectivity index is 0.00000289. The van der Waals surface area contributed by atoms with Crippen molar-refractivity contribution in [3.05, 3.63) is 29.1 Å². The molecule has 0 saturated heterocycles. The van der Waals surface area contributed by atoms with E-state index >= 15 is 0 Å². The molecule has 1 atom stereocenters. The second-order valence-electron chi connectivity index (χ2n) is 4.60. The maximum Gasteiger partial charge on any atom is 0.144 e. The minimum absolute atomic E-state index is 0. The number of hydrogen-bond donors (Lipinski definition) is 3. The van der Waals surface area contributed by atoms with Crippen LogP contribution in [-0.4, -0.2) is 16.8 Å². The topological polar surface area (TPSA) is 90.3 Å². The van der Waals surface area contributed by atoms with Gasteiger partial charge in [0.25, 0.3) is 0 Å². The van der Waals surface area contributed by atoms with Crippen LogP contribution in [0.3, 0.4) is 0 Å². The number of nitriles is 1. The Labute approximate surface area is 111 Å². The van der Waals surface area contributed by atoms with Gasteiger partial charge in [-0.05, 0) is 6.07 Å². The lowest BCUT2D eigenvalue weighted by Gasteiger charge is -2.30. The van der Waals surface area contributed by atoms with E-state index in [0.717, 1.165) is 6.07 Å². The molecule has 1 aromatic carbocycles. The first-order chi connectivity index (χ1) is 7.85. The second-order valence-corrected chi connectivity index (χ2v) is 4.60. The quantitative estimate of drug-likeness (QED) is 0.784. The first-order valence-electron chi connectivity index (χ1n) is 5.13. The molecule has 0 saturated carbocycles. The van der Waals surface area contributed by atoms with E-state index in [0.29, 0.717) is 0 Å². The Hall–Kier alpha value is -1.35. The number of rotatable bonds is 3. The van der Waals surface area contributed by atoms with Gasteiger partial charge in [0.15, 0.2) is 0 Å². The highest BCUT2D eigenvalue weighted by atomic mass is 35.5. The summed E-state index contributed by atoms with van der Waals surface area (Å²) in [6, 6.07) is 3.30. The van der Waals surface area contributed by atoms with Crippen LogP contribution in [0.1, 0.15) is 31.0 Å². The van der Waals surface area contributed by atoms with E-state index in [1.165, 1.54) is 6.07 Å². The molecule has 4 nitrogen and oxygen atoms in total. The highest BCUT2D eigenvalue weighted by Gasteiger charge is 2.30. The highest BCUT2D eigenvalue weighted by Crippen LogP contribution is 2.37. The molecule has 0 spiro atoms. The van der Waals surface area contributed by atoms with Crippen LogP contribution in [0.25, 0.3) is 0 Å².